The van der Waals surface area contributed by atoms with Crippen LogP contribution < -0.4 is 15.4 Å². The van der Waals surface area contributed by atoms with E-state index in [1.54, 1.807) is 0 Å². The highest BCUT2D eigenvalue weighted by Crippen LogP contribution is 2.10. The second kappa shape index (κ2) is 8.53. The minimum atomic E-state index is -0.0890. The summed E-state index contributed by atoms with van der Waals surface area (Å²) < 4.78 is 5.37. The van der Waals surface area contributed by atoms with Gasteiger partial charge in [-0.2, -0.15) is 0 Å². The molecular weight excluding hydrogens is 228 g/mol. The summed E-state index contributed by atoms with van der Waals surface area (Å²) in [5.41, 5.74) is 1.17. The van der Waals surface area contributed by atoms with Crippen molar-refractivity contribution in [2.24, 2.45) is 0 Å². The van der Waals surface area contributed by atoms with E-state index in [1.807, 2.05) is 31.2 Å². The van der Waals surface area contributed by atoms with Gasteiger partial charge >= 0.3 is 0 Å². The van der Waals surface area contributed by atoms with Crippen LogP contribution in [0, 0.1) is 6.92 Å². The number of ether oxygens (including phenoxy) is 1. The van der Waals surface area contributed by atoms with Gasteiger partial charge in [0, 0.05) is 13.1 Å². The molecule has 0 atom stereocenters. The molecule has 0 aliphatic carbocycles. The zero-order chi connectivity index (χ0) is 13.2. The minimum Gasteiger partial charge on any atom is -0.484 e. The van der Waals surface area contributed by atoms with Gasteiger partial charge in [-0.1, -0.05) is 24.6 Å². The lowest BCUT2D eigenvalue weighted by molar-refractivity contribution is -0.123. The van der Waals surface area contributed by atoms with Gasteiger partial charge in [0.15, 0.2) is 6.61 Å². The molecule has 2 N–H and O–H groups in total. The topological polar surface area (TPSA) is 50.4 Å². The van der Waals surface area contributed by atoms with E-state index in [-0.39, 0.29) is 12.5 Å². The van der Waals surface area contributed by atoms with Gasteiger partial charge in [-0.3, -0.25) is 4.79 Å². The third-order valence-electron chi connectivity index (χ3n) is 2.44. The van der Waals surface area contributed by atoms with Crippen molar-refractivity contribution in [3.63, 3.8) is 0 Å². The van der Waals surface area contributed by atoms with Crippen LogP contribution in [0.1, 0.15) is 18.9 Å². The molecule has 0 spiro atoms. The van der Waals surface area contributed by atoms with Crippen molar-refractivity contribution in [2.45, 2.75) is 20.3 Å². The van der Waals surface area contributed by atoms with Crippen LogP contribution in [0.3, 0.4) is 0 Å². The van der Waals surface area contributed by atoms with Crippen molar-refractivity contribution in [3.8, 4) is 5.75 Å². The molecule has 0 aliphatic heterocycles. The molecule has 0 heterocycles. The number of benzene rings is 1. The normalized spacial score (nSPS) is 10.1. The smallest absolute Gasteiger partial charge is 0.257 e. The number of carbonyl (C=O) groups excluding carboxylic acids is 1. The molecule has 4 nitrogen and oxygen atoms in total. The number of rotatable bonds is 8. The van der Waals surface area contributed by atoms with Gasteiger partial charge in [0.25, 0.3) is 5.91 Å². The summed E-state index contributed by atoms with van der Waals surface area (Å²) in [6.45, 7) is 6.60. The fourth-order valence-electron chi connectivity index (χ4n) is 1.43. The molecule has 0 unspecified atom stereocenters. The Hall–Kier alpha value is -1.55. The van der Waals surface area contributed by atoms with Crippen LogP contribution in [0.4, 0.5) is 0 Å². The SMILES string of the molecule is CCCNCCNC(=O)COc1ccc(C)cc1. The number of hydrogen-bond donors (Lipinski definition) is 2. The van der Waals surface area contributed by atoms with E-state index in [0.29, 0.717) is 6.54 Å². The molecule has 0 bridgehead atoms. The van der Waals surface area contributed by atoms with Gasteiger partial charge in [-0.05, 0) is 32.0 Å². The molecule has 100 valence electrons. The van der Waals surface area contributed by atoms with Crippen LogP contribution in [0.15, 0.2) is 24.3 Å². The van der Waals surface area contributed by atoms with E-state index in [9.17, 15) is 4.79 Å². The lowest BCUT2D eigenvalue weighted by Gasteiger charge is -2.08. The fraction of sp³-hybridized carbons (Fsp3) is 0.500. The Labute approximate surface area is 109 Å². The van der Waals surface area contributed by atoms with Crippen LogP contribution >= 0.6 is 0 Å². The third kappa shape index (κ3) is 6.25. The Kier molecular flexibility index (Phi) is 6.87. The first-order valence-corrected chi connectivity index (χ1v) is 6.39. The third-order valence-corrected chi connectivity index (χ3v) is 2.44. The van der Waals surface area contributed by atoms with Crippen LogP contribution in [0.2, 0.25) is 0 Å². The number of nitrogens with one attached hydrogen (secondary N) is 2. The first-order valence-electron chi connectivity index (χ1n) is 6.39. The molecule has 1 aromatic rings. The maximum atomic E-state index is 11.5. The second-order valence-electron chi connectivity index (χ2n) is 4.20. The van der Waals surface area contributed by atoms with Crippen molar-refractivity contribution in [1.82, 2.24) is 10.6 Å². The highest BCUT2D eigenvalue weighted by Gasteiger charge is 2.01. The average Bonchev–Trinajstić information content (AvgIpc) is 2.38. The summed E-state index contributed by atoms with van der Waals surface area (Å²) in [6.07, 6.45) is 1.10. The second-order valence-corrected chi connectivity index (χ2v) is 4.20. The van der Waals surface area contributed by atoms with Gasteiger partial charge in [0.1, 0.15) is 5.75 Å². The number of hydrogen-bond acceptors (Lipinski definition) is 3. The first-order chi connectivity index (χ1) is 8.72. The van der Waals surface area contributed by atoms with Crippen LogP contribution in [0.25, 0.3) is 0 Å². The fourth-order valence-corrected chi connectivity index (χ4v) is 1.43. The number of amides is 1. The number of aryl methyl sites for hydroxylation is 1. The monoisotopic (exact) mass is 250 g/mol. The lowest BCUT2D eigenvalue weighted by Crippen LogP contribution is -2.34. The molecule has 0 saturated carbocycles. The van der Waals surface area contributed by atoms with Crippen molar-refractivity contribution in [2.75, 3.05) is 26.2 Å². The molecule has 1 amide bonds. The molecular formula is C14H22N2O2. The summed E-state index contributed by atoms with van der Waals surface area (Å²) in [4.78, 5) is 11.5. The maximum absolute atomic E-state index is 11.5. The van der Waals surface area contributed by atoms with Gasteiger partial charge in [-0.25, -0.2) is 0 Å². The van der Waals surface area contributed by atoms with E-state index >= 15 is 0 Å². The van der Waals surface area contributed by atoms with E-state index in [1.165, 1.54) is 5.56 Å². The van der Waals surface area contributed by atoms with Gasteiger partial charge < -0.3 is 15.4 Å². The Morgan fingerprint density at radius 2 is 1.89 bits per heavy atom. The molecule has 1 aromatic carbocycles. The lowest BCUT2D eigenvalue weighted by atomic mass is 10.2. The highest BCUT2D eigenvalue weighted by atomic mass is 16.5. The van der Waals surface area contributed by atoms with E-state index < -0.39 is 0 Å². The Morgan fingerprint density at radius 3 is 2.56 bits per heavy atom. The van der Waals surface area contributed by atoms with Crippen LogP contribution in [0.5, 0.6) is 5.75 Å². The first kappa shape index (κ1) is 14.5. The van der Waals surface area contributed by atoms with Crippen molar-refractivity contribution in [1.29, 1.82) is 0 Å². The standard InChI is InChI=1S/C14H22N2O2/c1-3-8-15-9-10-16-14(17)11-18-13-6-4-12(2)5-7-13/h4-7,15H,3,8-11H2,1-2H3,(H,16,17). The van der Waals surface area contributed by atoms with Crippen molar-refractivity contribution >= 4 is 5.91 Å². The molecule has 0 aliphatic rings. The molecule has 0 fully saturated rings. The van der Waals surface area contributed by atoms with E-state index in [0.717, 1.165) is 25.3 Å². The van der Waals surface area contributed by atoms with Crippen molar-refractivity contribution in [3.05, 3.63) is 29.8 Å². The van der Waals surface area contributed by atoms with E-state index in [4.69, 9.17) is 4.74 Å². The molecule has 0 radical (unpaired) electrons. The predicted molar refractivity (Wildman–Crippen MR) is 72.8 cm³/mol. The van der Waals surface area contributed by atoms with Gasteiger partial charge in [0.05, 0.1) is 0 Å². The van der Waals surface area contributed by atoms with Crippen LogP contribution in [-0.4, -0.2) is 32.1 Å². The quantitative estimate of drug-likeness (QED) is 0.687. The predicted octanol–water partition coefficient (Wildman–Crippen LogP) is 1.49. The number of carbonyl (C=O) groups is 1. The van der Waals surface area contributed by atoms with Gasteiger partial charge in [0.2, 0.25) is 0 Å². The van der Waals surface area contributed by atoms with Gasteiger partial charge in [-0.15, -0.1) is 0 Å². The summed E-state index contributed by atoms with van der Waals surface area (Å²) >= 11 is 0. The average molecular weight is 250 g/mol. The maximum Gasteiger partial charge on any atom is 0.257 e. The zero-order valence-electron chi connectivity index (χ0n) is 11.2. The molecule has 18 heavy (non-hydrogen) atoms. The zero-order valence-corrected chi connectivity index (χ0v) is 11.2. The molecule has 0 saturated heterocycles. The molecule has 1 rings (SSSR count). The van der Waals surface area contributed by atoms with E-state index in [2.05, 4.69) is 17.6 Å². The molecule has 0 aromatic heterocycles. The highest BCUT2D eigenvalue weighted by molar-refractivity contribution is 5.77. The Morgan fingerprint density at radius 1 is 1.17 bits per heavy atom. The summed E-state index contributed by atoms with van der Waals surface area (Å²) in [6, 6.07) is 7.65. The van der Waals surface area contributed by atoms with Crippen LogP contribution in [-0.2, 0) is 4.79 Å². The summed E-state index contributed by atoms with van der Waals surface area (Å²) in [5.74, 6) is 0.633. The summed E-state index contributed by atoms with van der Waals surface area (Å²) in [5, 5.41) is 6.01. The Balaban J connectivity index is 2.11. The minimum absolute atomic E-state index is 0.0663. The largest absolute Gasteiger partial charge is 0.484 e. The van der Waals surface area contributed by atoms with Crippen molar-refractivity contribution < 1.29 is 9.53 Å². The summed E-state index contributed by atoms with van der Waals surface area (Å²) in [7, 11) is 0. The molecule has 4 heteroatoms. The Bertz CT molecular complexity index is 349.